The van der Waals surface area contributed by atoms with Crippen LogP contribution in [-0.2, 0) is 19.0 Å². The van der Waals surface area contributed by atoms with Gasteiger partial charge in [0.25, 0.3) is 0 Å². The Morgan fingerprint density at radius 1 is 0.722 bits per heavy atom. The lowest BCUT2D eigenvalue weighted by atomic mass is 10.1. The van der Waals surface area contributed by atoms with Gasteiger partial charge in [-0.05, 0) is 67.1 Å². The molecule has 0 amide bonds. The quantitative estimate of drug-likeness (QED) is 0.162. The minimum Gasteiger partial charge on any atom is -0.454 e. The molecule has 0 saturated carbocycles. The van der Waals surface area contributed by atoms with Crippen LogP contribution in [0, 0.1) is 17.7 Å². The maximum atomic E-state index is 15.0. The van der Waals surface area contributed by atoms with E-state index in [4.69, 9.17) is 9.47 Å². The summed E-state index contributed by atoms with van der Waals surface area (Å²) in [6.07, 6.45) is 5.21. The molecule has 0 aromatic heterocycles. The van der Waals surface area contributed by atoms with E-state index < -0.39 is 29.1 Å². The van der Waals surface area contributed by atoms with Crippen molar-refractivity contribution in [3.63, 3.8) is 0 Å². The number of unbranched alkanes of at least 4 members (excludes halogenated alkanes) is 5. The number of halogens is 4. The molecule has 0 saturated heterocycles. The summed E-state index contributed by atoms with van der Waals surface area (Å²) < 4.78 is 69.3. The van der Waals surface area contributed by atoms with Crippen molar-refractivity contribution in [2.45, 2.75) is 77.7 Å². The van der Waals surface area contributed by atoms with E-state index in [9.17, 15) is 17.6 Å². The summed E-state index contributed by atoms with van der Waals surface area (Å²) in [7, 11) is 0. The Balaban J connectivity index is 1.69. The van der Waals surface area contributed by atoms with Crippen LogP contribution in [0.15, 0.2) is 54.6 Å². The number of hydrogen-bond acceptors (Lipinski definition) is 2. The third kappa shape index (κ3) is 7.74. The molecule has 0 fully saturated rings. The van der Waals surface area contributed by atoms with Gasteiger partial charge in [-0.15, -0.1) is 0 Å². The van der Waals surface area contributed by atoms with Gasteiger partial charge in [0.2, 0.25) is 0 Å². The van der Waals surface area contributed by atoms with Crippen molar-refractivity contribution in [3.8, 4) is 17.2 Å². The van der Waals surface area contributed by atoms with Gasteiger partial charge in [0, 0.05) is 6.07 Å². The van der Waals surface area contributed by atoms with Crippen molar-refractivity contribution >= 4 is 0 Å². The van der Waals surface area contributed by atoms with Gasteiger partial charge in [0.05, 0.1) is 0 Å². The minimum absolute atomic E-state index is 0.188. The zero-order chi connectivity index (χ0) is 26.0. The van der Waals surface area contributed by atoms with Crippen LogP contribution in [0.5, 0.6) is 17.2 Å². The van der Waals surface area contributed by atoms with Gasteiger partial charge in [-0.1, -0.05) is 70.2 Å². The summed E-state index contributed by atoms with van der Waals surface area (Å²) in [5.41, 5.74) is 0.553. The first-order valence-corrected chi connectivity index (χ1v) is 12.7. The molecule has 6 heteroatoms. The summed E-state index contributed by atoms with van der Waals surface area (Å²) in [4.78, 5) is 0. The van der Waals surface area contributed by atoms with Gasteiger partial charge >= 0.3 is 6.11 Å². The van der Waals surface area contributed by atoms with Crippen molar-refractivity contribution in [3.05, 3.63) is 89.0 Å². The highest BCUT2D eigenvalue weighted by Gasteiger charge is 2.42. The molecular weight excluding hydrogens is 468 g/mol. The molecule has 0 atom stereocenters. The molecule has 0 heterocycles. The van der Waals surface area contributed by atoms with Crippen molar-refractivity contribution in [2.24, 2.45) is 0 Å². The van der Waals surface area contributed by atoms with Gasteiger partial charge in [0.1, 0.15) is 22.9 Å². The van der Waals surface area contributed by atoms with Crippen molar-refractivity contribution in [2.75, 3.05) is 0 Å². The van der Waals surface area contributed by atoms with Crippen LogP contribution in [0.1, 0.15) is 75.5 Å². The number of aryl methyl sites for hydroxylation is 2. The molecule has 3 aromatic rings. The second kappa shape index (κ2) is 13.3. The monoisotopic (exact) mass is 501 g/mol. The summed E-state index contributed by atoms with van der Waals surface area (Å²) in [6, 6.07) is 15.9. The smallest absolute Gasteiger partial charge is 0.432 e. The topological polar surface area (TPSA) is 18.5 Å². The number of alkyl halides is 2. The Morgan fingerprint density at radius 2 is 1.28 bits per heavy atom. The van der Waals surface area contributed by atoms with E-state index in [1.54, 1.807) is 24.3 Å². The average molecular weight is 502 g/mol. The summed E-state index contributed by atoms with van der Waals surface area (Å²) in [5.74, 6) is -3.61. The van der Waals surface area contributed by atoms with E-state index in [0.717, 1.165) is 49.7 Å². The fourth-order valence-electron chi connectivity index (χ4n) is 3.90. The van der Waals surface area contributed by atoms with Crippen molar-refractivity contribution in [1.82, 2.24) is 0 Å². The lowest BCUT2D eigenvalue weighted by Gasteiger charge is -2.20. The third-order valence-electron chi connectivity index (χ3n) is 5.98. The molecule has 193 valence electrons. The van der Waals surface area contributed by atoms with Crippen LogP contribution in [0.4, 0.5) is 17.6 Å². The molecule has 0 N–H and O–H groups in total. The van der Waals surface area contributed by atoms with E-state index in [0.29, 0.717) is 6.07 Å². The molecule has 3 rings (SSSR count). The van der Waals surface area contributed by atoms with Crippen molar-refractivity contribution in [1.29, 1.82) is 0 Å². The molecular formula is C30H33F4O2. The van der Waals surface area contributed by atoms with Gasteiger partial charge < -0.3 is 9.47 Å². The molecule has 0 aliphatic carbocycles. The molecule has 0 aliphatic rings. The third-order valence-corrected chi connectivity index (χ3v) is 5.98. The fourth-order valence-corrected chi connectivity index (χ4v) is 3.90. The first kappa shape index (κ1) is 27.6. The Morgan fingerprint density at radius 3 is 1.89 bits per heavy atom. The van der Waals surface area contributed by atoms with Gasteiger partial charge in [0.15, 0.2) is 11.6 Å². The fraction of sp³-hybridized carbons (Fsp3) is 0.400. The Kier molecular flexibility index (Phi) is 10.2. The molecule has 0 unspecified atom stereocenters. The van der Waals surface area contributed by atoms with E-state index in [1.807, 2.05) is 12.1 Å². The lowest BCUT2D eigenvalue weighted by Crippen LogP contribution is -2.25. The lowest BCUT2D eigenvalue weighted by molar-refractivity contribution is -0.189. The van der Waals surface area contributed by atoms with Crippen LogP contribution in [0.25, 0.3) is 0 Å². The first-order valence-electron chi connectivity index (χ1n) is 12.7. The highest BCUT2D eigenvalue weighted by Crippen LogP contribution is 2.38. The second-order valence-corrected chi connectivity index (χ2v) is 8.93. The summed E-state index contributed by atoms with van der Waals surface area (Å²) in [5, 5.41) is 0. The molecule has 0 aliphatic heterocycles. The number of hydrogen-bond donors (Lipinski definition) is 0. The maximum Gasteiger partial charge on any atom is 0.432 e. The normalized spacial score (nSPS) is 11.5. The average Bonchev–Trinajstić information content (AvgIpc) is 2.86. The number of rotatable bonds is 14. The molecule has 3 aromatic carbocycles. The summed E-state index contributed by atoms with van der Waals surface area (Å²) in [6.45, 7) is 4.24. The maximum absolute atomic E-state index is 15.0. The van der Waals surface area contributed by atoms with E-state index in [1.165, 1.54) is 31.4 Å². The SMILES string of the molecule is CCCCCCCc1ccc(OC(F)(F)c2c(F)c[c]c(Oc3ccc(CCCC)cc3)c2F)cc1. The molecule has 0 bridgehead atoms. The molecule has 2 nitrogen and oxygen atoms in total. The first-order chi connectivity index (χ1) is 17.3. The van der Waals surface area contributed by atoms with Crippen LogP contribution in [-0.4, -0.2) is 0 Å². The van der Waals surface area contributed by atoms with Crippen LogP contribution in [0.2, 0.25) is 0 Å². The number of ether oxygens (including phenoxy) is 2. The van der Waals surface area contributed by atoms with E-state index >= 15 is 0 Å². The standard InChI is InChI=1S/C30H33F4O2/c1-3-5-7-8-9-11-23-14-18-25(19-15-23)36-30(33,34)28-26(31)20-21-27(29(28)32)35-24-16-12-22(13-17-24)10-6-4-2/h12-20H,3-11H2,1-2H3. The van der Waals surface area contributed by atoms with Gasteiger partial charge in [-0.25, -0.2) is 8.78 Å². The van der Waals surface area contributed by atoms with Gasteiger partial charge in [-0.2, -0.15) is 8.78 Å². The largest absolute Gasteiger partial charge is 0.454 e. The highest BCUT2D eigenvalue weighted by atomic mass is 19.3. The zero-order valence-corrected chi connectivity index (χ0v) is 20.9. The molecule has 1 radical (unpaired) electrons. The predicted molar refractivity (Wildman–Crippen MR) is 134 cm³/mol. The Bertz CT molecular complexity index is 1080. The van der Waals surface area contributed by atoms with Gasteiger partial charge in [-0.3, -0.25) is 0 Å². The molecule has 0 spiro atoms. The van der Waals surface area contributed by atoms with Crippen LogP contribution in [0.3, 0.4) is 0 Å². The van der Waals surface area contributed by atoms with Crippen LogP contribution < -0.4 is 9.47 Å². The Hall–Kier alpha value is -3.02. The highest BCUT2D eigenvalue weighted by molar-refractivity contribution is 5.38. The van der Waals surface area contributed by atoms with Crippen LogP contribution >= 0.6 is 0 Å². The second-order valence-electron chi connectivity index (χ2n) is 8.93. The number of benzene rings is 3. The predicted octanol–water partition coefficient (Wildman–Crippen LogP) is 9.54. The van der Waals surface area contributed by atoms with E-state index in [2.05, 4.69) is 19.9 Å². The summed E-state index contributed by atoms with van der Waals surface area (Å²) >= 11 is 0. The zero-order valence-electron chi connectivity index (χ0n) is 20.9. The molecule has 36 heavy (non-hydrogen) atoms. The minimum atomic E-state index is -4.26. The Labute approximate surface area is 211 Å². The van der Waals surface area contributed by atoms with Crippen molar-refractivity contribution < 1.29 is 27.0 Å². The van der Waals surface area contributed by atoms with E-state index in [-0.39, 0.29) is 11.5 Å².